The standard InChI is InChI=1S/C24H28N4O5S/c1-11(2)12-6-4-5-7-16(12)34-10-13-18(25)21(30)17-14(9-33-23(26)31)24(32-3)22-15(27-22)8-28(24)19(17)20(13)29/h4-7,11,14-15,22,27H,8-10,25H2,1-3H3,(H2,26,31)/t14-,15+,22+,24-/m1/s1. The van der Waals surface area contributed by atoms with Gasteiger partial charge in [-0.3, -0.25) is 9.59 Å². The number of carbonyl (C=O) groups is 3. The van der Waals surface area contributed by atoms with Crippen molar-refractivity contribution in [2.45, 2.75) is 42.5 Å². The predicted molar refractivity (Wildman–Crippen MR) is 126 cm³/mol. The molecular weight excluding hydrogens is 456 g/mol. The van der Waals surface area contributed by atoms with Gasteiger partial charge < -0.3 is 31.2 Å². The highest BCUT2D eigenvalue weighted by Crippen LogP contribution is 2.55. The number of allylic oxidation sites excluding steroid dienone is 2. The van der Waals surface area contributed by atoms with Crippen molar-refractivity contribution in [2.75, 3.05) is 26.0 Å². The lowest BCUT2D eigenvalue weighted by Crippen LogP contribution is -2.55. The highest BCUT2D eigenvalue weighted by atomic mass is 32.2. The zero-order valence-electron chi connectivity index (χ0n) is 19.3. The number of ether oxygens (including phenoxy) is 2. The Morgan fingerprint density at radius 1 is 1.29 bits per heavy atom. The van der Waals surface area contributed by atoms with E-state index in [1.165, 1.54) is 24.4 Å². The van der Waals surface area contributed by atoms with E-state index in [0.29, 0.717) is 23.7 Å². The number of Topliss-reactive ketones (excluding diaryl/α,β-unsaturated/α-hetero) is 2. The fourth-order valence-electron chi connectivity index (χ4n) is 5.62. The Morgan fingerprint density at radius 2 is 2.03 bits per heavy atom. The van der Waals surface area contributed by atoms with Crippen LogP contribution in [0.5, 0.6) is 0 Å². The van der Waals surface area contributed by atoms with E-state index in [-0.39, 0.29) is 41.5 Å². The Kier molecular flexibility index (Phi) is 5.50. The number of piperazine rings is 1. The molecule has 0 spiro atoms. The number of methoxy groups -OCH3 is 1. The van der Waals surface area contributed by atoms with E-state index in [1.807, 2.05) is 23.1 Å². The molecule has 34 heavy (non-hydrogen) atoms. The van der Waals surface area contributed by atoms with Crippen molar-refractivity contribution in [2.24, 2.45) is 17.4 Å². The fourth-order valence-corrected chi connectivity index (χ4v) is 6.86. The lowest BCUT2D eigenvalue weighted by molar-refractivity contribution is -0.137. The molecule has 2 saturated heterocycles. The second-order valence-electron chi connectivity index (χ2n) is 9.29. The molecular formula is C24H28N4O5S. The molecule has 2 fully saturated rings. The second-order valence-corrected chi connectivity index (χ2v) is 10.3. The van der Waals surface area contributed by atoms with Crippen molar-refractivity contribution in [1.29, 1.82) is 0 Å². The van der Waals surface area contributed by atoms with Crippen molar-refractivity contribution >= 4 is 29.4 Å². The number of rotatable bonds is 7. The topological polar surface area (TPSA) is 147 Å². The van der Waals surface area contributed by atoms with Crippen molar-refractivity contribution in [3.8, 4) is 0 Å². The van der Waals surface area contributed by atoms with E-state index in [1.54, 1.807) is 0 Å². The summed E-state index contributed by atoms with van der Waals surface area (Å²) >= 11 is 1.50. The first-order valence-corrected chi connectivity index (χ1v) is 12.3. The molecule has 0 unspecified atom stereocenters. The summed E-state index contributed by atoms with van der Waals surface area (Å²) in [5.41, 5.74) is 12.4. The molecule has 4 aliphatic rings. The summed E-state index contributed by atoms with van der Waals surface area (Å²) in [6.07, 6.45) is -0.954. The molecule has 0 aromatic heterocycles. The van der Waals surface area contributed by atoms with Crippen LogP contribution in [0.3, 0.4) is 0 Å². The third-order valence-corrected chi connectivity index (χ3v) is 8.36. The summed E-state index contributed by atoms with van der Waals surface area (Å²) in [4.78, 5) is 41.6. The van der Waals surface area contributed by atoms with Crippen molar-refractivity contribution in [3.05, 3.63) is 52.4 Å². The highest BCUT2D eigenvalue weighted by molar-refractivity contribution is 7.99. The van der Waals surface area contributed by atoms with E-state index >= 15 is 0 Å². The number of nitrogens with zero attached hydrogens (tertiary/aromatic N) is 1. The maximum atomic E-state index is 13.8. The van der Waals surface area contributed by atoms with Crippen LogP contribution < -0.4 is 16.8 Å². The molecule has 1 aliphatic carbocycles. The fraction of sp³-hybridized carbons (Fsp3) is 0.458. The minimum atomic E-state index is -1.01. The Morgan fingerprint density at radius 3 is 2.71 bits per heavy atom. The second kappa shape index (κ2) is 8.14. The number of amides is 1. The minimum Gasteiger partial charge on any atom is -0.449 e. The SMILES string of the molecule is CO[C@@]12[C@H](COC(N)=O)C3=C(C(=O)C(CSc4ccccc4C(C)C)=C(N)C3=O)N1C[C@@H]1N[C@@H]12. The van der Waals surface area contributed by atoms with Gasteiger partial charge in [-0.15, -0.1) is 11.8 Å². The van der Waals surface area contributed by atoms with Gasteiger partial charge in [0.25, 0.3) is 0 Å². The summed E-state index contributed by atoms with van der Waals surface area (Å²) < 4.78 is 11.1. The molecule has 1 aromatic rings. The summed E-state index contributed by atoms with van der Waals surface area (Å²) in [5.74, 6) is -0.775. The molecule has 0 radical (unpaired) electrons. The number of ketones is 2. The normalized spacial score (nSPS) is 29.5. The molecule has 10 heteroatoms. The smallest absolute Gasteiger partial charge is 0.404 e. The molecule has 0 saturated carbocycles. The molecule has 1 amide bonds. The van der Waals surface area contributed by atoms with Gasteiger partial charge in [-0.1, -0.05) is 32.0 Å². The van der Waals surface area contributed by atoms with E-state index in [9.17, 15) is 14.4 Å². The largest absolute Gasteiger partial charge is 0.449 e. The van der Waals surface area contributed by atoms with E-state index in [4.69, 9.17) is 20.9 Å². The predicted octanol–water partition coefficient (Wildman–Crippen LogP) is 1.24. The maximum Gasteiger partial charge on any atom is 0.404 e. The number of nitrogens with two attached hydrogens (primary N) is 2. The van der Waals surface area contributed by atoms with Crippen molar-refractivity contribution in [1.82, 2.24) is 10.2 Å². The van der Waals surface area contributed by atoms with Crippen LogP contribution >= 0.6 is 11.8 Å². The Balaban J connectivity index is 1.49. The minimum absolute atomic E-state index is 0.0601. The lowest BCUT2D eigenvalue weighted by Gasteiger charge is -2.39. The monoisotopic (exact) mass is 484 g/mol. The number of hydrogen-bond acceptors (Lipinski definition) is 9. The first-order chi connectivity index (χ1) is 16.2. The lowest BCUT2D eigenvalue weighted by atomic mass is 9.82. The van der Waals surface area contributed by atoms with E-state index < -0.39 is 23.5 Å². The number of benzene rings is 1. The molecule has 180 valence electrons. The molecule has 9 nitrogen and oxygen atoms in total. The molecule has 5 N–H and O–H groups in total. The van der Waals surface area contributed by atoms with E-state index in [0.717, 1.165) is 4.90 Å². The van der Waals surface area contributed by atoms with Gasteiger partial charge in [0.05, 0.1) is 23.4 Å². The third-order valence-electron chi connectivity index (χ3n) is 7.24. The van der Waals surface area contributed by atoms with Gasteiger partial charge in [0, 0.05) is 41.5 Å². The van der Waals surface area contributed by atoms with E-state index in [2.05, 4.69) is 25.2 Å². The van der Waals surface area contributed by atoms with Crippen LogP contribution in [-0.2, 0) is 19.1 Å². The highest BCUT2D eigenvalue weighted by Gasteiger charge is 2.72. The van der Waals surface area contributed by atoms with Crippen molar-refractivity contribution in [3.63, 3.8) is 0 Å². The summed E-state index contributed by atoms with van der Waals surface area (Å²) in [5, 5.41) is 3.34. The molecule has 4 atom stereocenters. The summed E-state index contributed by atoms with van der Waals surface area (Å²) in [7, 11) is 1.54. The molecule has 0 bridgehead atoms. The van der Waals surface area contributed by atoms with Crippen LogP contribution in [0.25, 0.3) is 0 Å². The molecule has 3 heterocycles. The Labute approximate surface area is 201 Å². The van der Waals surface area contributed by atoms with Crippen LogP contribution in [0, 0.1) is 5.92 Å². The van der Waals surface area contributed by atoms with Gasteiger partial charge in [0.15, 0.2) is 5.72 Å². The third kappa shape index (κ3) is 3.19. The van der Waals surface area contributed by atoms with Crippen LogP contribution in [0.4, 0.5) is 4.79 Å². The quantitative estimate of drug-likeness (QED) is 0.295. The average Bonchev–Trinajstić information content (AvgIpc) is 3.42. The Bertz CT molecular complexity index is 1160. The van der Waals surface area contributed by atoms with Gasteiger partial charge in [-0.05, 0) is 17.5 Å². The molecule has 5 rings (SSSR count). The van der Waals surface area contributed by atoms with Crippen LogP contribution in [-0.4, -0.2) is 66.4 Å². The first-order valence-electron chi connectivity index (χ1n) is 11.3. The Hall–Kier alpha value is -2.82. The average molecular weight is 485 g/mol. The number of primary amides is 1. The number of nitrogens with one attached hydrogen (secondary N) is 1. The maximum absolute atomic E-state index is 13.8. The van der Waals surface area contributed by atoms with Gasteiger partial charge in [0.1, 0.15) is 6.61 Å². The number of carbonyl (C=O) groups excluding carboxylic acids is 3. The van der Waals surface area contributed by atoms with Crippen LogP contribution in [0.1, 0.15) is 25.3 Å². The van der Waals surface area contributed by atoms with Gasteiger partial charge in [-0.25, -0.2) is 4.79 Å². The molecule has 1 aromatic carbocycles. The zero-order valence-corrected chi connectivity index (χ0v) is 20.1. The van der Waals surface area contributed by atoms with Crippen LogP contribution in [0.15, 0.2) is 51.7 Å². The number of hydrogen-bond donors (Lipinski definition) is 3. The number of fused-ring (bicyclic) bond motifs is 4. The van der Waals surface area contributed by atoms with Gasteiger partial charge >= 0.3 is 6.09 Å². The zero-order chi connectivity index (χ0) is 24.4. The van der Waals surface area contributed by atoms with Crippen molar-refractivity contribution < 1.29 is 23.9 Å². The van der Waals surface area contributed by atoms with Crippen LogP contribution in [0.2, 0.25) is 0 Å². The van der Waals surface area contributed by atoms with Gasteiger partial charge in [0.2, 0.25) is 11.6 Å². The summed E-state index contributed by atoms with van der Waals surface area (Å²) in [6.45, 7) is 4.56. The summed E-state index contributed by atoms with van der Waals surface area (Å²) in [6, 6.07) is 8.06. The number of thioether (sulfide) groups is 1. The van der Waals surface area contributed by atoms with Gasteiger partial charge in [-0.2, -0.15) is 0 Å². The molecule has 3 aliphatic heterocycles. The first kappa shape index (κ1) is 22.9.